The molecule has 3 rings (SSSR count). The zero-order chi connectivity index (χ0) is 21.7. The van der Waals surface area contributed by atoms with Crippen LogP contribution in [0.5, 0.6) is 5.75 Å². The van der Waals surface area contributed by atoms with Crippen LogP contribution in [0.2, 0.25) is 0 Å². The SMILES string of the molecule is CC[C@H](Oc1cccc(C)c1C)C(=O)Nc1ccc(S(=O)(=O)Nc2nccs2)cc1. The number of nitrogens with zero attached hydrogens (tertiary/aromatic N) is 1. The van der Waals surface area contributed by atoms with Crippen molar-refractivity contribution in [2.45, 2.75) is 38.2 Å². The summed E-state index contributed by atoms with van der Waals surface area (Å²) in [6.45, 7) is 5.81. The fourth-order valence-corrected chi connectivity index (χ4v) is 4.50. The van der Waals surface area contributed by atoms with E-state index < -0.39 is 16.1 Å². The fraction of sp³-hybridized carbons (Fsp3) is 0.238. The molecule has 2 N–H and O–H groups in total. The van der Waals surface area contributed by atoms with E-state index in [1.807, 2.05) is 39.0 Å². The van der Waals surface area contributed by atoms with Crippen LogP contribution in [0.4, 0.5) is 10.8 Å². The number of hydrogen-bond donors (Lipinski definition) is 2. The van der Waals surface area contributed by atoms with Gasteiger partial charge >= 0.3 is 0 Å². The molecule has 0 fully saturated rings. The quantitative estimate of drug-likeness (QED) is 0.537. The van der Waals surface area contributed by atoms with Crippen LogP contribution >= 0.6 is 11.3 Å². The lowest BCUT2D eigenvalue weighted by molar-refractivity contribution is -0.122. The number of ether oxygens (including phenoxy) is 1. The predicted molar refractivity (Wildman–Crippen MR) is 119 cm³/mol. The minimum atomic E-state index is -3.74. The third-order valence-corrected chi connectivity index (χ3v) is 6.75. The average Bonchev–Trinajstić information content (AvgIpc) is 3.21. The molecule has 1 heterocycles. The number of sulfonamides is 1. The summed E-state index contributed by atoms with van der Waals surface area (Å²) in [5, 5.41) is 4.76. The molecule has 1 atom stereocenters. The van der Waals surface area contributed by atoms with Gasteiger partial charge in [0.25, 0.3) is 15.9 Å². The van der Waals surface area contributed by atoms with Crippen LogP contribution in [0, 0.1) is 13.8 Å². The maximum atomic E-state index is 12.7. The third kappa shape index (κ3) is 5.17. The number of amides is 1. The second-order valence-corrected chi connectivity index (χ2v) is 9.25. The van der Waals surface area contributed by atoms with E-state index in [1.165, 1.54) is 29.7 Å². The Labute approximate surface area is 180 Å². The van der Waals surface area contributed by atoms with Gasteiger partial charge in [0.2, 0.25) is 0 Å². The van der Waals surface area contributed by atoms with Crippen molar-refractivity contribution in [2.24, 2.45) is 0 Å². The molecule has 0 aliphatic carbocycles. The molecule has 0 spiro atoms. The summed E-state index contributed by atoms with van der Waals surface area (Å²) in [6.07, 6.45) is 1.34. The molecule has 30 heavy (non-hydrogen) atoms. The van der Waals surface area contributed by atoms with Crippen molar-refractivity contribution in [3.05, 3.63) is 65.2 Å². The van der Waals surface area contributed by atoms with Gasteiger partial charge in [-0.25, -0.2) is 13.4 Å². The molecule has 0 unspecified atom stereocenters. The molecule has 0 bridgehead atoms. The van der Waals surface area contributed by atoms with Crippen LogP contribution < -0.4 is 14.8 Å². The van der Waals surface area contributed by atoms with Crippen LogP contribution in [-0.4, -0.2) is 25.4 Å². The second-order valence-electron chi connectivity index (χ2n) is 6.67. The lowest BCUT2D eigenvalue weighted by atomic mass is 10.1. The van der Waals surface area contributed by atoms with E-state index in [0.717, 1.165) is 11.1 Å². The number of anilines is 2. The first kappa shape index (κ1) is 21.8. The number of aryl methyl sites for hydroxylation is 1. The van der Waals surface area contributed by atoms with Crippen LogP contribution in [0.1, 0.15) is 24.5 Å². The number of benzene rings is 2. The molecule has 9 heteroatoms. The van der Waals surface area contributed by atoms with Crippen LogP contribution in [0.15, 0.2) is 58.9 Å². The van der Waals surface area contributed by atoms with Gasteiger partial charge in [-0.1, -0.05) is 19.1 Å². The van der Waals surface area contributed by atoms with Crippen molar-refractivity contribution in [2.75, 3.05) is 10.0 Å². The maximum absolute atomic E-state index is 12.7. The second kappa shape index (κ2) is 9.27. The van der Waals surface area contributed by atoms with E-state index in [9.17, 15) is 13.2 Å². The standard InChI is InChI=1S/C21H23N3O4S2/c1-4-18(28-19-7-5-6-14(2)15(19)3)20(25)23-16-8-10-17(11-9-16)30(26,27)24-21-22-12-13-29-21/h5-13,18H,4H2,1-3H3,(H,22,24)(H,23,25)/t18-/m0/s1. The zero-order valence-electron chi connectivity index (χ0n) is 16.9. The highest BCUT2D eigenvalue weighted by molar-refractivity contribution is 7.93. The van der Waals surface area contributed by atoms with E-state index in [-0.39, 0.29) is 10.8 Å². The van der Waals surface area contributed by atoms with Gasteiger partial charge in [0.15, 0.2) is 11.2 Å². The van der Waals surface area contributed by atoms with E-state index in [2.05, 4.69) is 15.0 Å². The van der Waals surface area contributed by atoms with Crippen LogP contribution in [0.3, 0.4) is 0 Å². The Kier molecular flexibility index (Phi) is 6.73. The van der Waals surface area contributed by atoms with Gasteiger partial charge in [-0.05, 0) is 61.7 Å². The first-order valence-corrected chi connectivity index (χ1v) is 11.7. The van der Waals surface area contributed by atoms with E-state index in [0.29, 0.717) is 23.0 Å². The number of carbonyl (C=O) groups excluding carboxylic acids is 1. The molecule has 2 aromatic carbocycles. The summed E-state index contributed by atoms with van der Waals surface area (Å²) in [6, 6.07) is 11.7. The summed E-state index contributed by atoms with van der Waals surface area (Å²) >= 11 is 1.19. The molecule has 0 radical (unpaired) electrons. The monoisotopic (exact) mass is 445 g/mol. The van der Waals surface area contributed by atoms with E-state index in [4.69, 9.17) is 4.74 Å². The van der Waals surface area contributed by atoms with E-state index >= 15 is 0 Å². The Morgan fingerprint density at radius 1 is 1.17 bits per heavy atom. The molecule has 0 aliphatic rings. The molecule has 0 saturated carbocycles. The summed E-state index contributed by atoms with van der Waals surface area (Å²) in [5.74, 6) is 0.377. The molecular weight excluding hydrogens is 422 g/mol. The number of carbonyl (C=O) groups is 1. The predicted octanol–water partition coefficient (Wildman–Crippen LogP) is 4.36. The topological polar surface area (TPSA) is 97.4 Å². The Morgan fingerprint density at radius 2 is 1.90 bits per heavy atom. The van der Waals surface area contributed by atoms with E-state index in [1.54, 1.807) is 17.5 Å². The van der Waals surface area contributed by atoms with Crippen molar-refractivity contribution < 1.29 is 17.9 Å². The van der Waals surface area contributed by atoms with Gasteiger partial charge in [-0.3, -0.25) is 9.52 Å². The molecule has 1 amide bonds. The first-order chi connectivity index (χ1) is 14.3. The molecular formula is C21H23N3O4S2. The number of rotatable bonds is 8. The third-order valence-electron chi connectivity index (χ3n) is 4.57. The van der Waals surface area contributed by atoms with Crippen molar-refractivity contribution in [1.82, 2.24) is 4.98 Å². The first-order valence-electron chi connectivity index (χ1n) is 9.36. The minimum absolute atomic E-state index is 0.0781. The lowest BCUT2D eigenvalue weighted by Crippen LogP contribution is -2.32. The van der Waals surface area contributed by atoms with Gasteiger partial charge < -0.3 is 10.1 Å². The van der Waals surface area contributed by atoms with Crippen molar-refractivity contribution in [1.29, 1.82) is 0 Å². The molecule has 1 aromatic heterocycles. The Bertz CT molecular complexity index is 1110. The fourth-order valence-electron chi connectivity index (χ4n) is 2.72. The van der Waals surface area contributed by atoms with Gasteiger partial charge in [0, 0.05) is 17.3 Å². The highest BCUT2D eigenvalue weighted by Crippen LogP contribution is 2.23. The summed E-state index contributed by atoms with van der Waals surface area (Å²) in [5.41, 5.74) is 2.56. The highest BCUT2D eigenvalue weighted by atomic mass is 32.2. The smallest absolute Gasteiger partial charge is 0.265 e. The van der Waals surface area contributed by atoms with Crippen molar-refractivity contribution >= 4 is 38.1 Å². The minimum Gasteiger partial charge on any atom is -0.480 e. The Hall–Kier alpha value is -2.91. The summed E-state index contributed by atoms with van der Waals surface area (Å²) in [4.78, 5) is 16.7. The Morgan fingerprint density at radius 3 is 2.53 bits per heavy atom. The Balaban J connectivity index is 1.67. The normalized spacial score (nSPS) is 12.2. The molecule has 0 saturated heterocycles. The number of nitrogens with one attached hydrogen (secondary N) is 2. The molecule has 3 aromatic rings. The van der Waals surface area contributed by atoms with Crippen molar-refractivity contribution in [3.8, 4) is 5.75 Å². The van der Waals surface area contributed by atoms with Gasteiger partial charge in [0.1, 0.15) is 5.75 Å². The summed E-state index contributed by atoms with van der Waals surface area (Å²) < 4.78 is 33.1. The largest absolute Gasteiger partial charge is 0.480 e. The van der Waals surface area contributed by atoms with Crippen LogP contribution in [0.25, 0.3) is 0 Å². The lowest BCUT2D eigenvalue weighted by Gasteiger charge is -2.19. The highest BCUT2D eigenvalue weighted by Gasteiger charge is 2.20. The summed E-state index contributed by atoms with van der Waals surface area (Å²) in [7, 11) is -3.74. The molecule has 158 valence electrons. The van der Waals surface area contributed by atoms with Gasteiger partial charge in [-0.15, -0.1) is 11.3 Å². The molecule has 7 nitrogen and oxygen atoms in total. The van der Waals surface area contributed by atoms with Gasteiger partial charge in [-0.2, -0.15) is 0 Å². The maximum Gasteiger partial charge on any atom is 0.265 e. The number of hydrogen-bond acceptors (Lipinski definition) is 6. The van der Waals surface area contributed by atoms with Crippen molar-refractivity contribution in [3.63, 3.8) is 0 Å². The number of aromatic nitrogens is 1. The number of thiazole rings is 1. The van der Waals surface area contributed by atoms with Crippen LogP contribution in [-0.2, 0) is 14.8 Å². The average molecular weight is 446 g/mol. The zero-order valence-corrected chi connectivity index (χ0v) is 18.5. The van der Waals surface area contributed by atoms with Gasteiger partial charge in [0.05, 0.1) is 4.90 Å². The molecule has 0 aliphatic heterocycles.